The summed E-state index contributed by atoms with van der Waals surface area (Å²) in [5.41, 5.74) is 3.18. The summed E-state index contributed by atoms with van der Waals surface area (Å²) >= 11 is 12.6. The molecule has 35 heavy (non-hydrogen) atoms. The molecule has 0 unspecified atom stereocenters. The highest BCUT2D eigenvalue weighted by molar-refractivity contribution is 6.34. The van der Waals surface area contributed by atoms with E-state index in [0.29, 0.717) is 45.3 Å². The van der Waals surface area contributed by atoms with Crippen LogP contribution in [0, 0.1) is 0 Å². The predicted octanol–water partition coefficient (Wildman–Crippen LogP) is 5.58. The monoisotopic (exact) mass is 511 g/mol. The number of carbonyl (C=O) groups is 1. The van der Waals surface area contributed by atoms with Crippen LogP contribution in [0.15, 0.2) is 61.3 Å². The van der Waals surface area contributed by atoms with Gasteiger partial charge in [0.05, 0.1) is 16.9 Å². The third-order valence-electron chi connectivity index (χ3n) is 5.47. The van der Waals surface area contributed by atoms with Gasteiger partial charge in [-0.25, -0.2) is 4.98 Å². The third kappa shape index (κ3) is 6.42. The van der Waals surface area contributed by atoms with Crippen LogP contribution in [0.3, 0.4) is 0 Å². The molecule has 10 heteroatoms. The van der Waals surface area contributed by atoms with Crippen LogP contribution in [0.5, 0.6) is 0 Å². The second kappa shape index (κ2) is 10.9. The third-order valence-corrected chi connectivity index (χ3v) is 6.05. The van der Waals surface area contributed by atoms with Gasteiger partial charge in [-0.05, 0) is 62.4 Å². The van der Waals surface area contributed by atoms with Gasteiger partial charge in [-0.3, -0.25) is 4.79 Å². The van der Waals surface area contributed by atoms with Crippen molar-refractivity contribution in [1.82, 2.24) is 15.3 Å². The number of amides is 1. The Bertz CT molecular complexity index is 1210. The first-order chi connectivity index (χ1) is 16.8. The molecule has 8 nitrogen and oxygen atoms in total. The quantitative estimate of drug-likeness (QED) is 0.307. The standard InChI is InChI=1S/C25H27Cl2N7O/c1-4-23(35)32-22-10-7-18(11-20(22)26)30-24-21(27)12-28-25(33-24)31-17-5-8-19(9-6-17)34-13-15(2)29-16(3)14-34/h4-12,15-16,29H,1,13-14H2,2-3H3,(H,32,35)(H2,28,30,31,33)/t15-,16+. The molecule has 0 saturated carbocycles. The summed E-state index contributed by atoms with van der Waals surface area (Å²) in [5.74, 6) is 0.478. The maximum absolute atomic E-state index is 11.5. The molecule has 1 aliphatic heterocycles. The maximum atomic E-state index is 11.5. The van der Waals surface area contributed by atoms with E-state index in [0.717, 1.165) is 18.8 Å². The summed E-state index contributed by atoms with van der Waals surface area (Å²) in [5, 5.41) is 13.3. The van der Waals surface area contributed by atoms with E-state index in [4.69, 9.17) is 23.2 Å². The lowest BCUT2D eigenvalue weighted by atomic mass is 10.1. The van der Waals surface area contributed by atoms with Gasteiger partial charge in [-0.1, -0.05) is 29.8 Å². The molecule has 0 radical (unpaired) electrons. The lowest BCUT2D eigenvalue weighted by Gasteiger charge is -2.37. The van der Waals surface area contributed by atoms with Gasteiger partial charge in [-0.2, -0.15) is 4.98 Å². The number of carbonyl (C=O) groups excluding carboxylic acids is 1. The number of anilines is 6. The van der Waals surface area contributed by atoms with E-state index in [2.05, 4.69) is 68.7 Å². The molecule has 0 bridgehead atoms. The molecule has 4 rings (SSSR count). The molecule has 2 atom stereocenters. The van der Waals surface area contributed by atoms with Gasteiger partial charge in [-0.15, -0.1) is 0 Å². The second-order valence-corrected chi connectivity index (χ2v) is 9.26. The van der Waals surface area contributed by atoms with Gasteiger partial charge in [0.25, 0.3) is 0 Å². The number of nitrogens with zero attached hydrogens (tertiary/aromatic N) is 3. The summed E-state index contributed by atoms with van der Waals surface area (Å²) < 4.78 is 0. The van der Waals surface area contributed by atoms with E-state index in [1.807, 2.05) is 12.1 Å². The Balaban J connectivity index is 1.44. The van der Waals surface area contributed by atoms with Gasteiger partial charge in [0.15, 0.2) is 5.82 Å². The molecule has 4 N–H and O–H groups in total. The smallest absolute Gasteiger partial charge is 0.247 e. The Morgan fingerprint density at radius 3 is 2.40 bits per heavy atom. The number of hydrogen-bond acceptors (Lipinski definition) is 7. The van der Waals surface area contributed by atoms with Crippen LogP contribution in [0.4, 0.5) is 34.5 Å². The molecule has 1 aliphatic rings. The van der Waals surface area contributed by atoms with Crippen LogP contribution >= 0.6 is 23.2 Å². The molecular formula is C25H27Cl2N7O. The topological polar surface area (TPSA) is 94.2 Å². The average Bonchev–Trinajstić information content (AvgIpc) is 2.82. The fraction of sp³-hybridized carbons (Fsp3) is 0.240. The van der Waals surface area contributed by atoms with Gasteiger partial charge in [0.2, 0.25) is 11.9 Å². The molecule has 2 heterocycles. The zero-order chi connectivity index (χ0) is 24.9. The first-order valence-electron chi connectivity index (χ1n) is 11.2. The highest BCUT2D eigenvalue weighted by Crippen LogP contribution is 2.30. The zero-order valence-electron chi connectivity index (χ0n) is 19.5. The van der Waals surface area contributed by atoms with E-state index in [1.54, 1.807) is 18.2 Å². The number of nitrogens with one attached hydrogen (secondary N) is 4. The zero-order valence-corrected chi connectivity index (χ0v) is 21.0. The summed E-state index contributed by atoms with van der Waals surface area (Å²) in [4.78, 5) is 22.7. The molecule has 1 fully saturated rings. The van der Waals surface area contributed by atoms with Crippen molar-refractivity contribution in [2.24, 2.45) is 0 Å². The summed E-state index contributed by atoms with van der Waals surface area (Å²) in [6.45, 7) is 9.77. The SMILES string of the molecule is C=CC(=O)Nc1ccc(Nc2nc(Nc3ccc(N4C[C@@H](C)N[C@@H](C)C4)cc3)ncc2Cl)cc1Cl. The lowest BCUT2D eigenvalue weighted by molar-refractivity contribution is -0.111. The van der Waals surface area contributed by atoms with Crippen molar-refractivity contribution in [2.75, 3.05) is 33.9 Å². The molecule has 0 spiro atoms. The van der Waals surface area contributed by atoms with E-state index >= 15 is 0 Å². The van der Waals surface area contributed by atoms with Crippen LogP contribution in [0.2, 0.25) is 10.0 Å². The lowest BCUT2D eigenvalue weighted by Crippen LogP contribution is -2.54. The molecule has 182 valence electrons. The number of halogens is 2. The Morgan fingerprint density at radius 1 is 1.06 bits per heavy atom. The number of hydrogen-bond donors (Lipinski definition) is 4. The van der Waals surface area contributed by atoms with Crippen molar-refractivity contribution in [3.05, 3.63) is 71.4 Å². The first-order valence-corrected chi connectivity index (χ1v) is 12.0. The number of rotatable bonds is 7. The minimum atomic E-state index is -0.341. The normalized spacial score (nSPS) is 17.5. The molecule has 0 aliphatic carbocycles. The van der Waals surface area contributed by atoms with Crippen LogP contribution in [0.25, 0.3) is 0 Å². The van der Waals surface area contributed by atoms with Crippen molar-refractivity contribution in [2.45, 2.75) is 25.9 Å². The Kier molecular flexibility index (Phi) is 7.75. The van der Waals surface area contributed by atoms with Gasteiger partial charge >= 0.3 is 0 Å². The maximum Gasteiger partial charge on any atom is 0.247 e. The van der Waals surface area contributed by atoms with E-state index in [9.17, 15) is 4.79 Å². The fourth-order valence-electron chi connectivity index (χ4n) is 3.95. The van der Waals surface area contributed by atoms with Crippen LogP contribution < -0.4 is 26.2 Å². The molecule has 1 saturated heterocycles. The number of benzene rings is 2. The van der Waals surface area contributed by atoms with Crippen molar-refractivity contribution in [3.8, 4) is 0 Å². The van der Waals surface area contributed by atoms with E-state index in [1.165, 1.54) is 18.0 Å². The molecule has 1 aromatic heterocycles. The van der Waals surface area contributed by atoms with Gasteiger partial charge < -0.3 is 26.2 Å². The Morgan fingerprint density at radius 2 is 1.74 bits per heavy atom. The summed E-state index contributed by atoms with van der Waals surface area (Å²) in [7, 11) is 0. The summed E-state index contributed by atoms with van der Waals surface area (Å²) in [6, 6.07) is 14.2. The van der Waals surface area contributed by atoms with Crippen molar-refractivity contribution >= 4 is 63.6 Å². The van der Waals surface area contributed by atoms with Crippen LogP contribution in [-0.2, 0) is 4.79 Å². The fourth-order valence-corrected chi connectivity index (χ4v) is 4.32. The van der Waals surface area contributed by atoms with Crippen molar-refractivity contribution in [3.63, 3.8) is 0 Å². The Labute approximate surface area is 214 Å². The molecule has 3 aromatic rings. The molecular weight excluding hydrogens is 485 g/mol. The van der Waals surface area contributed by atoms with Gasteiger partial charge in [0, 0.05) is 42.2 Å². The Hall–Kier alpha value is -3.33. The van der Waals surface area contributed by atoms with Crippen molar-refractivity contribution in [1.29, 1.82) is 0 Å². The highest BCUT2D eigenvalue weighted by Gasteiger charge is 2.21. The van der Waals surface area contributed by atoms with Gasteiger partial charge in [0.1, 0.15) is 5.02 Å². The average molecular weight is 512 g/mol. The minimum absolute atomic E-state index is 0.341. The molecule has 1 amide bonds. The highest BCUT2D eigenvalue weighted by atomic mass is 35.5. The second-order valence-electron chi connectivity index (χ2n) is 8.45. The summed E-state index contributed by atoms with van der Waals surface area (Å²) in [6.07, 6.45) is 2.70. The van der Waals surface area contributed by atoms with Crippen molar-refractivity contribution < 1.29 is 4.79 Å². The predicted molar refractivity (Wildman–Crippen MR) is 145 cm³/mol. The van der Waals surface area contributed by atoms with E-state index < -0.39 is 0 Å². The van der Waals surface area contributed by atoms with Crippen LogP contribution in [-0.4, -0.2) is 41.0 Å². The minimum Gasteiger partial charge on any atom is -0.368 e. The first kappa shape index (κ1) is 24.8. The number of aromatic nitrogens is 2. The molecule has 2 aromatic carbocycles. The number of piperazine rings is 1. The van der Waals surface area contributed by atoms with E-state index in [-0.39, 0.29) is 5.91 Å². The largest absolute Gasteiger partial charge is 0.368 e. The van der Waals surface area contributed by atoms with Crippen LogP contribution in [0.1, 0.15) is 13.8 Å².